The van der Waals surface area contributed by atoms with E-state index in [0.29, 0.717) is 22.6 Å². The van der Waals surface area contributed by atoms with Crippen molar-refractivity contribution in [3.8, 4) is 17.2 Å². The van der Waals surface area contributed by atoms with Gasteiger partial charge in [-0.2, -0.15) is 13.5 Å². The number of aromatic hydroxyl groups is 1. The van der Waals surface area contributed by atoms with Gasteiger partial charge in [-0.3, -0.25) is 4.55 Å². The normalized spacial score (nSPS) is 12.1. The van der Waals surface area contributed by atoms with Gasteiger partial charge in [0.25, 0.3) is 10.1 Å². The van der Waals surface area contributed by atoms with Crippen molar-refractivity contribution in [1.29, 1.82) is 0 Å². The Balaban J connectivity index is 1.51. The third kappa shape index (κ3) is 7.74. The number of benzene rings is 5. The second-order valence-corrected chi connectivity index (χ2v) is 12.3. The third-order valence-electron chi connectivity index (χ3n) is 6.58. The quantitative estimate of drug-likeness (QED) is 0.0192. The fourth-order valence-electron chi connectivity index (χ4n) is 4.44. The van der Waals surface area contributed by atoms with Gasteiger partial charge in [0, 0.05) is 22.4 Å². The molecule has 0 saturated carbocycles. The van der Waals surface area contributed by atoms with Crippen LogP contribution in [0.4, 0.5) is 28.4 Å². The Kier molecular flexibility index (Phi) is 10.9. The molecule has 48 heavy (non-hydrogen) atoms. The number of hydrogen-bond acceptors (Lipinski definition) is 18. The molecule has 0 unspecified atom stereocenters. The topological polar surface area (TPSA) is 246 Å². The molecule has 0 amide bonds. The van der Waals surface area contributed by atoms with Gasteiger partial charge in [-0.05, 0) is 58.6 Å². The number of rotatable bonds is 13. The van der Waals surface area contributed by atoms with Crippen molar-refractivity contribution < 1.29 is 56.8 Å². The van der Waals surface area contributed by atoms with E-state index in [1.165, 1.54) is 32.4 Å². The van der Waals surface area contributed by atoms with Gasteiger partial charge in [0.15, 0.2) is 5.75 Å². The maximum atomic E-state index is 11.8. The van der Waals surface area contributed by atoms with E-state index in [2.05, 4.69) is 39.2 Å². The molecule has 5 aromatic rings. The molecule has 0 radical (unpaired) electrons. The first-order chi connectivity index (χ1) is 23.1. The average Bonchev–Trinajstić information content (AvgIpc) is 3.07. The second kappa shape index (κ2) is 15.1. The number of ether oxygens (including phenoxy) is 2. The highest BCUT2D eigenvalue weighted by atomic mass is 32.2. The van der Waals surface area contributed by atoms with Crippen molar-refractivity contribution in [1.82, 2.24) is 0 Å². The zero-order chi connectivity index (χ0) is 34.4. The van der Waals surface area contributed by atoms with Gasteiger partial charge < -0.3 is 20.3 Å². The van der Waals surface area contributed by atoms with Crippen molar-refractivity contribution in [2.75, 3.05) is 20.0 Å². The summed E-state index contributed by atoms with van der Waals surface area (Å²) in [4.78, 5) is 0.117. The van der Waals surface area contributed by atoms with E-state index in [9.17, 15) is 18.1 Å². The van der Waals surface area contributed by atoms with Crippen molar-refractivity contribution >= 4 is 84.2 Å². The van der Waals surface area contributed by atoms with Gasteiger partial charge in [-0.15, -0.1) is 24.0 Å². The molecule has 5 rings (SSSR count). The molecule has 0 aromatic heterocycles. The molecule has 0 heterocycles. The summed E-state index contributed by atoms with van der Waals surface area (Å²) in [7, 11) is -1.88. The van der Waals surface area contributed by atoms with E-state index in [4.69, 9.17) is 25.7 Å². The molecule has 0 aliphatic heterocycles. The van der Waals surface area contributed by atoms with E-state index in [1.807, 2.05) is 18.2 Å². The van der Waals surface area contributed by atoms with Crippen LogP contribution in [0.1, 0.15) is 0 Å². The predicted molar refractivity (Wildman–Crippen MR) is 173 cm³/mol. The highest BCUT2D eigenvalue weighted by molar-refractivity contribution is 7.95. The fraction of sp³-hybridized carbons (Fsp3) is 0.0714. The molecule has 250 valence electrons. The van der Waals surface area contributed by atoms with Crippen molar-refractivity contribution in [3.05, 3.63) is 66.7 Å². The van der Waals surface area contributed by atoms with Gasteiger partial charge in [-0.1, -0.05) is 22.2 Å². The maximum Gasteiger partial charge on any atom is 0.296 e. The molecule has 17 nitrogen and oxygen atoms in total. The standard InChI is InChI=1S/C28H23N5O12S3/c1-40-23-13-22(24(41-2)12-21(23)31-30-17-5-3-14-4-6-18(46-44-42-35)8-15(14)7-17)32-33-27-25(47-45-43-36)9-16-10-26(48(37,38)39)20(29)11-19(16)28(27)34/h3-13,34-36H,29H2,1-2H3,(H,37,38,39). The lowest BCUT2D eigenvalue weighted by Gasteiger charge is -2.12. The summed E-state index contributed by atoms with van der Waals surface area (Å²) in [5, 5.41) is 54.5. The van der Waals surface area contributed by atoms with E-state index in [-0.39, 0.29) is 49.9 Å². The van der Waals surface area contributed by atoms with Crippen LogP contribution in [0.5, 0.6) is 17.2 Å². The predicted octanol–water partition coefficient (Wildman–Crippen LogP) is 8.23. The Morgan fingerprint density at radius 1 is 0.729 bits per heavy atom. The van der Waals surface area contributed by atoms with Gasteiger partial charge in [0.05, 0.1) is 54.6 Å². The van der Waals surface area contributed by atoms with Crippen LogP contribution in [0.25, 0.3) is 21.5 Å². The highest BCUT2D eigenvalue weighted by Gasteiger charge is 2.21. The fourth-order valence-corrected chi connectivity index (χ4v) is 5.98. The van der Waals surface area contributed by atoms with E-state index >= 15 is 0 Å². The number of azo groups is 2. The first kappa shape index (κ1) is 34.7. The second-order valence-electron chi connectivity index (χ2n) is 9.40. The zero-order valence-corrected chi connectivity index (χ0v) is 26.9. The lowest BCUT2D eigenvalue weighted by molar-refractivity contribution is -0.432. The molecule has 0 bridgehead atoms. The Morgan fingerprint density at radius 3 is 2.02 bits per heavy atom. The molecule has 0 atom stereocenters. The molecule has 20 heteroatoms. The lowest BCUT2D eigenvalue weighted by atomic mass is 10.1. The number of nitrogen functional groups attached to an aromatic ring is 1. The summed E-state index contributed by atoms with van der Waals surface area (Å²) in [5.74, 6) is -0.0409. The first-order valence-corrected chi connectivity index (χ1v) is 16.0. The molecule has 0 aliphatic rings. The molecule has 0 fully saturated rings. The number of fused-ring (bicyclic) bond motifs is 2. The summed E-state index contributed by atoms with van der Waals surface area (Å²) in [5.41, 5.74) is 6.26. The van der Waals surface area contributed by atoms with E-state index in [1.54, 1.807) is 18.2 Å². The van der Waals surface area contributed by atoms with Crippen LogP contribution in [-0.4, -0.2) is 42.8 Å². The number of anilines is 1. The van der Waals surface area contributed by atoms with Crippen molar-refractivity contribution in [3.63, 3.8) is 0 Å². The minimum absolute atomic E-state index is 0.0237. The van der Waals surface area contributed by atoms with Gasteiger partial charge in [-0.25, -0.2) is 10.5 Å². The van der Waals surface area contributed by atoms with Crippen molar-refractivity contribution in [2.45, 2.75) is 14.7 Å². The van der Waals surface area contributed by atoms with Crippen LogP contribution in [0.15, 0.2) is 102 Å². The molecule has 5 aromatic carbocycles. The Bertz CT molecular complexity index is 2170. The van der Waals surface area contributed by atoms with Gasteiger partial charge in [0.2, 0.25) is 0 Å². The van der Waals surface area contributed by atoms with Crippen LogP contribution >= 0.6 is 24.1 Å². The number of nitrogens with two attached hydrogens (primary N) is 1. The number of phenols is 1. The minimum atomic E-state index is -4.68. The Morgan fingerprint density at radius 2 is 1.38 bits per heavy atom. The van der Waals surface area contributed by atoms with E-state index < -0.39 is 20.8 Å². The van der Waals surface area contributed by atoms with Crippen LogP contribution in [0.3, 0.4) is 0 Å². The maximum absolute atomic E-state index is 11.8. The molecule has 0 spiro atoms. The van der Waals surface area contributed by atoms with Gasteiger partial charge in [0.1, 0.15) is 33.5 Å². The Labute approximate surface area is 279 Å². The minimum Gasteiger partial charge on any atom is -0.505 e. The number of hydrogen-bond donors (Lipinski definition) is 5. The summed E-state index contributed by atoms with van der Waals surface area (Å²) < 4.78 is 53.0. The summed E-state index contributed by atoms with van der Waals surface area (Å²) in [6.07, 6.45) is 0. The third-order valence-corrected chi connectivity index (χ3v) is 8.69. The molecular formula is C28H23N5O12S3. The molecule has 0 saturated heterocycles. The zero-order valence-electron chi connectivity index (χ0n) is 24.5. The molecular weight excluding hydrogens is 695 g/mol. The monoisotopic (exact) mass is 717 g/mol. The first-order valence-electron chi connectivity index (χ1n) is 13.1. The van der Waals surface area contributed by atoms with Crippen LogP contribution in [0.2, 0.25) is 0 Å². The van der Waals surface area contributed by atoms with Crippen LogP contribution in [0, 0.1) is 0 Å². The van der Waals surface area contributed by atoms with Crippen LogP contribution in [-0.2, 0) is 28.9 Å². The summed E-state index contributed by atoms with van der Waals surface area (Å²) >= 11 is 1.25. The SMILES string of the molecule is COc1cc(N=Nc2c(SOOO)cc3cc(S(=O)(=O)O)c(N)cc3c2O)c(OC)cc1N=Nc1ccc2ccc(SOOO)cc2c1. The molecule has 0 aliphatic carbocycles. The number of methoxy groups -OCH3 is 2. The van der Waals surface area contributed by atoms with Gasteiger partial charge >= 0.3 is 0 Å². The van der Waals surface area contributed by atoms with Crippen molar-refractivity contribution in [2.24, 2.45) is 20.5 Å². The number of phenolic OH excluding ortho intramolecular Hbond substituents is 1. The summed E-state index contributed by atoms with van der Waals surface area (Å²) in [6, 6.07) is 17.4. The average molecular weight is 718 g/mol. The Hall–Kier alpha value is -4.61. The number of nitrogens with zero attached hydrogens (tertiary/aromatic N) is 4. The smallest absolute Gasteiger partial charge is 0.296 e. The van der Waals surface area contributed by atoms with E-state index in [0.717, 1.165) is 34.9 Å². The largest absolute Gasteiger partial charge is 0.505 e. The highest BCUT2D eigenvalue weighted by Crippen LogP contribution is 2.47. The summed E-state index contributed by atoms with van der Waals surface area (Å²) in [6.45, 7) is 0. The lowest BCUT2D eigenvalue weighted by Crippen LogP contribution is -2.03. The molecule has 6 N–H and O–H groups in total. The van der Waals surface area contributed by atoms with Crippen LogP contribution < -0.4 is 15.2 Å².